The first-order chi connectivity index (χ1) is 14.2. The van der Waals surface area contributed by atoms with Gasteiger partial charge in [0.15, 0.2) is 0 Å². The molecule has 1 fully saturated rings. The minimum atomic E-state index is -0.0245. The lowest BCUT2D eigenvalue weighted by Crippen LogP contribution is -2.35. The topological polar surface area (TPSA) is 54.5 Å². The Kier molecular flexibility index (Phi) is 6.44. The summed E-state index contributed by atoms with van der Waals surface area (Å²) in [7, 11) is 0. The van der Waals surface area contributed by atoms with Crippen molar-refractivity contribution in [1.29, 1.82) is 0 Å². The molecule has 1 N–H and O–H groups in total. The van der Waals surface area contributed by atoms with E-state index in [2.05, 4.69) is 40.3 Å². The number of aromatic nitrogens is 1. The lowest BCUT2D eigenvalue weighted by Gasteiger charge is -2.26. The molecular formula is C23H25N3O2S. The Hall–Kier alpha value is -2.41. The Labute approximate surface area is 175 Å². The van der Waals surface area contributed by atoms with Crippen molar-refractivity contribution in [1.82, 2.24) is 9.88 Å². The number of para-hydroxylation sites is 1. The lowest BCUT2D eigenvalue weighted by molar-refractivity contribution is -0.113. The van der Waals surface area contributed by atoms with E-state index in [0.717, 1.165) is 54.5 Å². The van der Waals surface area contributed by atoms with Gasteiger partial charge in [-0.3, -0.25) is 9.69 Å². The molecule has 0 radical (unpaired) electrons. The molecule has 150 valence electrons. The molecular weight excluding hydrogens is 382 g/mol. The number of benzene rings is 2. The van der Waals surface area contributed by atoms with Gasteiger partial charge in [0, 0.05) is 30.7 Å². The molecule has 0 bridgehead atoms. The minimum Gasteiger partial charge on any atom is -0.379 e. The van der Waals surface area contributed by atoms with Gasteiger partial charge in [-0.25, -0.2) is 4.98 Å². The van der Waals surface area contributed by atoms with Crippen LogP contribution in [0.4, 0.5) is 5.69 Å². The van der Waals surface area contributed by atoms with E-state index in [1.807, 2.05) is 36.4 Å². The summed E-state index contributed by atoms with van der Waals surface area (Å²) in [6, 6.07) is 18.2. The number of aryl methyl sites for hydroxylation is 1. The number of anilines is 1. The van der Waals surface area contributed by atoms with Crippen LogP contribution in [0.3, 0.4) is 0 Å². The van der Waals surface area contributed by atoms with Crippen molar-refractivity contribution in [2.24, 2.45) is 0 Å². The second kappa shape index (κ2) is 9.39. The molecule has 0 atom stereocenters. The third-order valence-electron chi connectivity index (χ3n) is 5.00. The van der Waals surface area contributed by atoms with Crippen LogP contribution in [0.5, 0.6) is 0 Å². The maximum Gasteiger partial charge on any atom is 0.234 e. The highest BCUT2D eigenvalue weighted by molar-refractivity contribution is 7.99. The average Bonchev–Trinajstić information content (AvgIpc) is 2.74. The lowest BCUT2D eigenvalue weighted by atomic mass is 10.1. The van der Waals surface area contributed by atoms with Crippen LogP contribution in [0.25, 0.3) is 10.9 Å². The van der Waals surface area contributed by atoms with Gasteiger partial charge in [-0.05, 0) is 42.3 Å². The first-order valence-electron chi connectivity index (χ1n) is 9.85. The summed E-state index contributed by atoms with van der Waals surface area (Å²) in [4.78, 5) is 19.4. The van der Waals surface area contributed by atoms with Gasteiger partial charge in [-0.15, -0.1) is 0 Å². The van der Waals surface area contributed by atoms with E-state index in [-0.39, 0.29) is 5.91 Å². The smallest absolute Gasteiger partial charge is 0.234 e. The van der Waals surface area contributed by atoms with Gasteiger partial charge >= 0.3 is 0 Å². The molecule has 0 unspecified atom stereocenters. The predicted octanol–water partition coefficient (Wildman–Crippen LogP) is 4.11. The molecule has 2 heterocycles. The van der Waals surface area contributed by atoms with Crippen molar-refractivity contribution >= 4 is 34.3 Å². The summed E-state index contributed by atoms with van der Waals surface area (Å²) in [5, 5.41) is 5.00. The van der Waals surface area contributed by atoms with E-state index < -0.39 is 0 Å². The van der Waals surface area contributed by atoms with Crippen LogP contribution in [0.15, 0.2) is 59.6 Å². The Morgan fingerprint density at radius 3 is 2.69 bits per heavy atom. The number of amides is 1. The second-order valence-electron chi connectivity index (χ2n) is 7.22. The van der Waals surface area contributed by atoms with Crippen molar-refractivity contribution in [3.63, 3.8) is 0 Å². The number of rotatable bonds is 6. The third-order valence-corrected chi connectivity index (χ3v) is 5.91. The van der Waals surface area contributed by atoms with Crippen molar-refractivity contribution in [3.8, 4) is 0 Å². The predicted molar refractivity (Wildman–Crippen MR) is 118 cm³/mol. The number of carbonyl (C=O) groups excluding carboxylic acids is 1. The van der Waals surface area contributed by atoms with Crippen molar-refractivity contribution in [3.05, 3.63) is 65.7 Å². The number of nitrogens with one attached hydrogen (secondary N) is 1. The number of carbonyl (C=O) groups is 1. The molecule has 1 aromatic heterocycles. The minimum absolute atomic E-state index is 0.0245. The van der Waals surface area contributed by atoms with Gasteiger partial charge in [0.25, 0.3) is 0 Å². The molecule has 29 heavy (non-hydrogen) atoms. The average molecular weight is 408 g/mol. The molecule has 6 heteroatoms. The normalized spacial score (nSPS) is 14.8. The molecule has 0 saturated carbocycles. The Morgan fingerprint density at radius 2 is 1.90 bits per heavy atom. The summed E-state index contributed by atoms with van der Waals surface area (Å²) in [6.45, 7) is 6.54. The molecule has 1 saturated heterocycles. The molecule has 0 spiro atoms. The Balaban J connectivity index is 1.30. The highest BCUT2D eigenvalue weighted by Gasteiger charge is 2.11. The van der Waals surface area contributed by atoms with Crippen molar-refractivity contribution in [2.75, 3.05) is 37.4 Å². The third kappa shape index (κ3) is 5.35. The van der Waals surface area contributed by atoms with Crippen molar-refractivity contribution < 1.29 is 9.53 Å². The number of hydrogen-bond acceptors (Lipinski definition) is 5. The quantitative estimate of drug-likeness (QED) is 0.624. The van der Waals surface area contributed by atoms with Crippen LogP contribution >= 0.6 is 11.8 Å². The van der Waals surface area contributed by atoms with Gasteiger partial charge in [-0.1, -0.05) is 42.1 Å². The second-order valence-corrected chi connectivity index (χ2v) is 8.21. The summed E-state index contributed by atoms with van der Waals surface area (Å²) in [6.07, 6.45) is 0. The van der Waals surface area contributed by atoms with Crippen molar-refractivity contribution in [2.45, 2.75) is 18.5 Å². The fourth-order valence-corrected chi connectivity index (χ4v) is 4.21. The standard InChI is InChI=1S/C23H25N3O2S/c1-17-14-23(25-21-5-3-2-4-20(17)21)29-16-22(27)24-19-8-6-18(7-9-19)15-26-10-12-28-13-11-26/h2-9,14H,10-13,15-16H2,1H3,(H,24,27). The molecule has 3 aromatic rings. The van der Waals surface area contributed by atoms with Gasteiger partial charge in [-0.2, -0.15) is 0 Å². The van der Waals surface area contributed by atoms with Crippen LogP contribution in [0, 0.1) is 6.92 Å². The molecule has 4 rings (SSSR count). The number of fused-ring (bicyclic) bond motifs is 1. The van der Waals surface area contributed by atoms with Gasteiger partial charge in [0.1, 0.15) is 0 Å². The maximum atomic E-state index is 12.4. The number of morpholine rings is 1. The number of thioether (sulfide) groups is 1. The summed E-state index contributed by atoms with van der Waals surface area (Å²) in [5.41, 5.74) is 4.21. The van der Waals surface area contributed by atoms with Gasteiger partial charge in [0.2, 0.25) is 5.91 Å². The SMILES string of the molecule is Cc1cc(SCC(=O)Nc2ccc(CN3CCOCC3)cc2)nc2ccccc12. The number of nitrogens with zero attached hydrogens (tertiary/aromatic N) is 2. The Morgan fingerprint density at radius 1 is 1.14 bits per heavy atom. The highest BCUT2D eigenvalue weighted by atomic mass is 32.2. The van der Waals surface area contributed by atoms with E-state index in [9.17, 15) is 4.79 Å². The summed E-state index contributed by atoms with van der Waals surface area (Å²) >= 11 is 1.46. The number of ether oxygens (including phenoxy) is 1. The molecule has 1 aliphatic rings. The van der Waals surface area contributed by atoms with Crippen LogP contribution in [0.1, 0.15) is 11.1 Å². The zero-order valence-electron chi connectivity index (χ0n) is 16.6. The van der Waals surface area contributed by atoms with Crippen LogP contribution in [-0.2, 0) is 16.1 Å². The summed E-state index contributed by atoms with van der Waals surface area (Å²) < 4.78 is 5.39. The van der Waals surface area contributed by atoms with Crippen LogP contribution in [-0.4, -0.2) is 47.8 Å². The van der Waals surface area contributed by atoms with E-state index in [0.29, 0.717) is 5.75 Å². The molecule has 2 aromatic carbocycles. The highest BCUT2D eigenvalue weighted by Crippen LogP contribution is 2.23. The zero-order chi connectivity index (χ0) is 20.1. The zero-order valence-corrected chi connectivity index (χ0v) is 17.4. The van der Waals surface area contributed by atoms with Crippen LogP contribution < -0.4 is 5.32 Å². The van der Waals surface area contributed by atoms with E-state index in [1.165, 1.54) is 22.9 Å². The van der Waals surface area contributed by atoms with Gasteiger partial charge < -0.3 is 10.1 Å². The summed E-state index contributed by atoms with van der Waals surface area (Å²) in [5.74, 6) is 0.309. The first-order valence-corrected chi connectivity index (χ1v) is 10.8. The number of pyridine rings is 1. The van der Waals surface area contributed by atoms with E-state index in [4.69, 9.17) is 4.74 Å². The van der Waals surface area contributed by atoms with E-state index >= 15 is 0 Å². The van der Waals surface area contributed by atoms with E-state index in [1.54, 1.807) is 0 Å². The fourth-order valence-electron chi connectivity index (χ4n) is 3.44. The monoisotopic (exact) mass is 407 g/mol. The Bertz CT molecular complexity index is 985. The maximum absolute atomic E-state index is 12.4. The number of hydrogen-bond donors (Lipinski definition) is 1. The molecule has 5 nitrogen and oxygen atoms in total. The molecule has 0 aliphatic carbocycles. The fraction of sp³-hybridized carbons (Fsp3) is 0.304. The largest absolute Gasteiger partial charge is 0.379 e. The molecule has 1 aliphatic heterocycles. The molecule has 1 amide bonds. The first kappa shape index (κ1) is 19.9. The van der Waals surface area contributed by atoms with Crippen LogP contribution in [0.2, 0.25) is 0 Å². The van der Waals surface area contributed by atoms with Gasteiger partial charge in [0.05, 0.1) is 29.5 Å².